The van der Waals surface area contributed by atoms with E-state index in [-0.39, 0.29) is 0 Å². The SMILES string of the molecule is COc1cc(OC)c([Si](C)(c2ccccc2)c2ccccc2)c(OC)c1. The molecule has 0 spiro atoms. The molecule has 0 aromatic heterocycles. The first-order valence-electron chi connectivity index (χ1n) is 8.56. The highest BCUT2D eigenvalue weighted by Gasteiger charge is 2.39. The van der Waals surface area contributed by atoms with Crippen LogP contribution in [0.5, 0.6) is 17.2 Å². The maximum absolute atomic E-state index is 5.79. The molecule has 0 fully saturated rings. The van der Waals surface area contributed by atoms with Crippen molar-refractivity contribution in [2.75, 3.05) is 21.3 Å². The first-order chi connectivity index (χ1) is 12.6. The molecule has 0 N–H and O–H groups in total. The molecule has 0 aliphatic heterocycles. The van der Waals surface area contributed by atoms with E-state index in [4.69, 9.17) is 14.2 Å². The third-order valence-electron chi connectivity index (χ3n) is 4.92. The Morgan fingerprint density at radius 1 is 0.615 bits per heavy atom. The highest BCUT2D eigenvalue weighted by atomic mass is 28.3. The van der Waals surface area contributed by atoms with Crippen LogP contribution >= 0.6 is 0 Å². The van der Waals surface area contributed by atoms with Crippen molar-refractivity contribution in [2.24, 2.45) is 0 Å². The first-order valence-corrected chi connectivity index (χ1v) is 11.1. The van der Waals surface area contributed by atoms with Gasteiger partial charge in [0.2, 0.25) is 0 Å². The molecular weight excluding hydrogens is 340 g/mol. The smallest absolute Gasteiger partial charge is 0.155 e. The van der Waals surface area contributed by atoms with Crippen LogP contribution in [-0.2, 0) is 0 Å². The Balaban J connectivity index is 2.37. The summed E-state index contributed by atoms with van der Waals surface area (Å²) in [4.78, 5) is 0. The van der Waals surface area contributed by atoms with E-state index in [1.807, 2.05) is 24.3 Å². The highest BCUT2D eigenvalue weighted by molar-refractivity contribution is 7.11. The summed E-state index contributed by atoms with van der Waals surface area (Å²) in [6.45, 7) is 2.34. The van der Waals surface area contributed by atoms with Crippen LogP contribution in [0.2, 0.25) is 6.55 Å². The number of hydrogen-bond acceptors (Lipinski definition) is 3. The van der Waals surface area contributed by atoms with E-state index in [1.165, 1.54) is 10.4 Å². The van der Waals surface area contributed by atoms with Crippen molar-refractivity contribution in [2.45, 2.75) is 6.55 Å². The number of ether oxygens (including phenoxy) is 3. The van der Waals surface area contributed by atoms with E-state index >= 15 is 0 Å². The minimum Gasteiger partial charge on any atom is -0.497 e. The molecule has 3 rings (SSSR count). The third kappa shape index (κ3) is 3.08. The van der Waals surface area contributed by atoms with Gasteiger partial charge in [-0.1, -0.05) is 67.2 Å². The number of rotatable bonds is 6. The van der Waals surface area contributed by atoms with E-state index in [1.54, 1.807) is 21.3 Å². The summed E-state index contributed by atoms with van der Waals surface area (Å²) >= 11 is 0. The molecule has 0 saturated carbocycles. The summed E-state index contributed by atoms with van der Waals surface area (Å²) in [5.74, 6) is 2.31. The van der Waals surface area contributed by atoms with Gasteiger partial charge in [0.05, 0.1) is 21.3 Å². The molecule has 134 valence electrons. The monoisotopic (exact) mass is 364 g/mol. The van der Waals surface area contributed by atoms with Gasteiger partial charge in [0.15, 0.2) is 8.07 Å². The van der Waals surface area contributed by atoms with Gasteiger partial charge in [0, 0.05) is 17.3 Å². The molecule has 0 unspecified atom stereocenters. The largest absolute Gasteiger partial charge is 0.497 e. The molecule has 0 radical (unpaired) electrons. The van der Waals surface area contributed by atoms with E-state index in [9.17, 15) is 0 Å². The summed E-state index contributed by atoms with van der Waals surface area (Å²) < 4.78 is 17.0. The van der Waals surface area contributed by atoms with Crippen LogP contribution in [0.3, 0.4) is 0 Å². The van der Waals surface area contributed by atoms with E-state index in [2.05, 4.69) is 55.1 Å². The minimum absolute atomic E-state index is 0.722. The van der Waals surface area contributed by atoms with Crippen LogP contribution in [0, 0.1) is 0 Å². The van der Waals surface area contributed by atoms with E-state index in [0.717, 1.165) is 22.4 Å². The molecule has 0 atom stereocenters. The lowest BCUT2D eigenvalue weighted by atomic mass is 10.3. The molecule has 3 nitrogen and oxygen atoms in total. The quantitative estimate of drug-likeness (QED) is 0.497. The Morgan fingerprint density at radius 2 is 1.04 bits per heavy atom. The van der Waals surface area contributed by atoms with Crippen LogP contribution in [0.1, 0.15) is 0 Å². The minimum atomic E-state index is -2.35. The zero-order valence-electron chi connectivity index (χ0n) is 15.7. The van der Waals surface area contributed by atoms with E-state index < -0.39 is 8.07 Å². The Bertz CT molecular complexity index is 799. The molecule has 0 bridgehead atoms. The van der Waals surface area contributed by atoms with Gasteiger partial charge in [-0.05, 0) is 10.4 Å². The van der Waals surface area contributed by atoms with Gasteiger partial charge in [-0.25, -0.2) is 0 Å². The van der Waals surface area contributed by atoms with E-state index in [0.29, 0.717) is 0 Å². The second-order valence-corrected chi connectivity index (χ2v) is 10.2. The second-order valence-electron chi connectivity index (χ2n) is 6.26. The highest BCUT2D eigenvalue weighted by Crippen LogP contribution is 2.29. The van der Waals surface area contributed by atoms with Crippen LogP contribution in [0.25, 0.3) is 0 Å². The molecular formula is C22H24O3Si. The van der Waals surface area contributed by atoms with Gasteiger partial charge in [0.1, 0.15) is 17.2 Å². The topological polar surface area (TPSA) is 27.7 Å². The summed E-state index contributed by atoms with van der Waals surface area (Å²) in [7, 11) is 2.70. The second kappa shape index (κ2) is 7.66. The average Bonchev–Trinajstić information content (AvgIpc) is 2.73. The molecule has 4 heteroatoms. The Labute approximate surface area is 156 Å². The van der Waals surface area contributed by atoms with Crippen LogP contribution in [0.15, 0.2) is 72.8 Å². The zero-order valence-corrected chi connectivity index (χ0v) is 16.7. The lowest BCUT2D eigenvalue weighted by molar-refractivity contribution is 0.379. The standard InChI is InChI=1S/C22H24O3Si/c1-23-17-15-20(24-2)22(21(16-17)25-3)26(4,18-11-7-5-8-12-18)19-13-9-6-10-14-19/h5-16H,1-4H3. The molecule has 0 aliphatic carbocycles. The molecule has 3 aromatic rings. The summed E-state index contributed by atoms with van der Waals surface area (Å²) in [5, 5.41) is 3.71. The summed E-state index contributed by atoms with van der Waals surface area (Å²) in [5.41, 5.74) is 0. The van der Waals surface area contributed by atoms with Gasteiger partial charge >= 0.3 is 0 Å². The Morgan fingerprint density at radius 3 is 1.38 bits per heavy atom. The molecule has 0 saturated heterocycles. The normalized spacial score (nSPS) is 11.1. The Hall–Kier alpha value is -2.72. The first kappa shape index (κ1) is 18.1. The lowest BCUT2D eigenvalue weighted by Crippen LogP contribution is -2.65. The fraction of sp³-hybridized carbons (Fsp3) is 0.182. The maximum atomic E-state index is 5.79. The fourth-order valence-electron chi connectivity index (χ4n) is 3.50. The lowest BCUT2D eigenvalue weighted by Gasteiger charge is -2.32. The number of hydrogen-bond donors (Lipinski definition) is 0. The summed E-state index contributed by atoms with van der Waals surface area (Å²) in [6, 6.07) is 25.1. The van der Waals surface area contributed by atoms with Crippen molar-refractivity contribution in [3.63, 3.8) is 0 Å². The third-order valence-corrected chi connectivity index (χ3v) is 9.39. The molecule has 0 aliphatic rings. The predicted octanol–water partition coefficient (Wildman–Crippen LogP) is 2.81. The van der Waals surface area contributed by atoms with Crippen LogP contribution < -0.4 is 29.8 Å². The number of benzene rings is 3. The van der Waals surface area contributed by atoms with Crippen molar-refractivity contribution < 1.29 is 14.2 Å². The van der Waals surface area contributed by atoms with Crippen molar-refractivity contribution >= 4 is 23.6 Å². The van der Waals surface area contributed by atoms with Crippen LogP contribution in [-0.4, -0.2) is 29.4 Å². The zero-order chi connectivity index (χ0) is 18.6. The van der Waals surface area contributed by atoms with Gasteiger partial charge in [-0.2, -0.15) is 0 Å². The van der Waals surface area contributed by atoms with Gasteiger partial charge < -0.3 is 14.2 Å². The summed E-state index contributed by atoms with van der Waals surface area (Å²) in [6.07, 6.45) is 0. The van der Waals surface area contributed by atoms with Crippen molar-refractivity contribution in [1.29, 1.82) is 0 Å². The van der Waals surface area contributed by atoms with Gasteiger partial charge in [-0.15, -0.1) is 0 Å². The molecule has 0 heterocycles. The molecule has 3 aromatic carbocycles. The Kier molecular flexibility index (Phi) is 5.33. The molecule has 0 amide bonds. The average molecular weight is 365 g/mol. The van der Waals surface area contributed by atoms with Gasteiger partial charge in [-0.3, -0.25) is 0 Å². The maximum Gasteiger partial charge on any atom is 0.155 e. The van der Waals surface area contributed by atoms with Crippen molar-refractivity contribution in [3.8, 4) is 17.2 Å². The van der Waals surface area contributed by atoms with Gasteiger partial charge in [0.25, 0.3) is 0 Å². The van der Waals surface area contributed by atoms with Crippen LogP contribution in [0.4, 0.5) is 0 Å². The number of methoxy groups -OCH3 is 3. The van der Waals surface area contributed by atoms with Crippen molar-refractivity contribution in [3.05, 3.63) is 72.8 Å². The fourth-order valence-corrected chi connectivity index (χ4v) is 7.46. The molecule has 26 heavy (non-hydrogen) atoms. The predicted molar refractivity (Wildman–Crippen MR) is 110 cm³/mol. The van der Waals surface area contributed by atoms with Crippen molar-refractivity contribution in [1.82, 2.24) is 0 Å².